The van der Waals surface area contributed by atoms with Gasteiger partial charge in [-0.1, -0.05) is 6.07 Å². The van der Waals surface area contributed by atoms with E-state index >= 15 is 0 Å². The molecule has 1 amide bonds. The van der Waals surface area contributed by atoms with Gasteiger partial charge in [-0.2, -0.15) is 5.10 Å². The van der Waals surface area contributed by atoms with Crippen molar-refractivity contribution >= 4 is 29.7 Å². The van der Waals surface area contributed by atoms with Gasteiger partial charge < -0.3 is 10.6 Å². The van der Waals surface area contributed by atoms with Crippen LogP contribution in [0.3, 0.4) is 0 Å². The molecule has 3 rings (SSSR count). The van der Waals surface area contributed by atoms with E-state index in [1.165, 1.54) is 4.88 Å². The standard InChI is InChI=1S/C15H20N4OS.ClH/c1-19-10-11(7-18-19)13-8-16-9-14(13)15(20)17-5-4-12-3-2-6-21-12;/h2-3,6-7,10,13-14,16H,4-5,8-9H2,1H3,(H,17,20);1H/t13-,14+;/m1./s1. The molecule has 2 N–H and O–H groups in total. The summed E-state index contributed by atoms with van der Waals surface area (Å²) >= 11 is 1.73. The van der Waals surface area contributed by atoms with Crippen LogP contribution in [-0.4, -0.2) is 35.3 Å². The number of carbonyl (C=O) groups excluding carboxylic acids is 1. The molecule has 0 spiro atoms. The summed E-state index contributed by atoms with van der Waals surface area (Å²) in [6.07, 6.45) is 4.77. The average molecular weight is 341 g/mol. The number of hydrogen-bond acceptors (Lipinski definition) is 4. The van der Waals surface area contributed by atoms with Gasteiger partial charge in [0.25, 0.3) is 0 Å². The molecule has 2 atom stereocenters. The molecule has 1 saturated heterocycles. The van der Waals surface area contributed by atoms with Crippen molar-refractivity contribution in [2.75, 3.05) is 19.6 Å². The largest absolute Gasteiger partial charge is 0.355 e. The quantitative estimate of drug-likeness (QED) is 0.868. The van der Waals surface area contributed by atoms with Crippen LogP contribution >= 0.6 is 23.7 Å². The van der Waals surface area contributed by atoms with E-state index in [9.17, 15) is 4.79 Å². The average Bonchev–Trinajstić information content (AvgIpc) is 3.18. The van der Waals surface area contributed by atoms with Gasteiger partial charge in [0.05, 0.1) is 12.1 Å². The van der Waals surface area contributed by atoms with Crippen molar-refractivity contribution in [3.8, 4) is 0 Å². The van der Waals surface area contributed by atoms with Crippen LogP contribution in [0, 0.1) is 5.92 Å². The van der Waals surface area contributed by atoms with Gasteiger partial charge in [-0.15, -0.1) is 23.7 Å². The van der Waals surface area contributed by atoms with Crippen LogP contribution in [0.1, 0.15) is 16.4 Å². The second-order valence-corrected chi connectivity index (χ2v) is 6.47. The summed E-state index contributed by atoms with van der Waals surface area (Å²) in [7, 11) is 1.90. The first-order valence-corrected chi connectivity index (χ1v) is 8.11. The van der Waals surface area contributed by atoms with Gasteiger partial charge in [-0.05, 0) is 23.4 Å². The molecule has 1 aliphatic heterocycles. The summed E-state index contributed by atoms with van der Waals surface area (Å²) in [4.78, 5) is 13.7. The van der Waals surface area contributed by atoms with E-state index in [1.807, 2.05) is 25.5 Å². The van der Waals surface area contributed by atoms with E-state index in [1.54, 1.807) is 16.0 Å². The summed E-state index contributed by atoms with van der Waals surface area (Å²) in [5.41, 5.74) is 1.14. The fourth-order valence-electron chi connectivity index (χ4n) is 2.83. The molecule has 0 aliphatic carbocycles. The van der Waals surface area contributed by atoms with Crippen LogP contribution in [0.2, 0.25) is 0 Å². The van der Waals surface area contributed by atoms with Crippen LogP contribution in [-0.2, 0) is 18.3 Å². The SMILES string of the molecule is Cl.Cn1cc([C@H]2CNC[C@@H]2C(=O)NCCc2cccs2)cn1. The molecular formula is C15H21ClN4OS. The molecule has 2 aromatic rings. The number of nitrogens with zero attached hydrogens (tertiary/aromatic N) is 2. The molecule has 3 heterocycles. The monoisotopic (exact) mass is 340 g/mol. The number of aryl methyl sites for hydroxylation is 1. The number of carbonyl (C=O) groups is 1. The van der Waals surface area contributed by atoms with Crippen LogP contribution in [0.4, 0.5) is 0 Å². The fraction of sp³-hybridized carbons (Fsp3) is 0.467. The Morgan fingerprint density at radius 2 is 2.41 bits per heavy atom. The molecular weight excluding hydrogens is 320 g/mol. The highest BCUT2D eigenvalue weighted by Crippen LogP contribution is 2.27. The Morgan fingerprint density at radius 1 is 1.55 bits per heavy atom. The van der Waals surface area contributed by atoms with Crippen molar-refractivity contribution in [1.82, 2.24) is 20.4 Å². The lowest BCUT2D eigenvalue weighted by atomic mass is 9.90. The number of halogens is 1. The fourth-order valence-corrected chi connectivity index (χ4v) is 3.54. The maximum absolute atomic E-state index is 12.4. The molecule has 7 heteroatoms. The second-order valence-electron chi connectivity index (χ2n) is 5.44. The number of rotatable bonds is 5. The van der Waals surface area contributed by atoms with E-state index in [0.29, 0.717) is 6.54 Å². The summed E-state index contributed by atoms with van der Waals surface area (Å²) in [6, 6.07) is 4.15. The third-order valence-corrected chi connectivity index (χ3v) is 4.89. The molecule has 22 heavy (non-hydrogen) atoms. The zero-order valence-electron chi connectivity index (χ0n) is 12.5. The van der Waals surface area contributed by atoms with Crippen LogP contribution in [0.25, 0.3) is 0 Å². The normalized spacial score (nSPS) is 20.6. The zero-order valence-corrected chi connectivity index (χ0v) is 14.1. The van der Waals surface area contributed by atoms with Crippen molar-refractivity contribution in [2.24, 2.45) is 13.0 Å². The van der Waals surface area contributed by atoms with Crippen LogP contribution < -0.4 is 10.6 Å². The maximum Gasteiger partial charge on any atom is 0.225 e. The summed E-state index contributed by atoms with van der Waals surface area (Å²) < 4.78 is 1.79. The molecule has 5 nitrogen and oxygen atoms in total. The first-order valence-electron chi connectivity index (χ1n) is 7.23. The lowest BCUT2D eigenvalue weighted by molar-refractivity contribution is -0.124. The lowest BCUT2D eigenvalue weighted by Crippen LogP contribution is -2.35. The third-order valence-electron chi connectivity index (χ3n) is 3.95. The third kappa shape index (κ3) is 3.88. The Morgan fingerprint density at radius 3 is 3.09 bits per heavy atom. The van der Waals surface area contributed by atoms with Gasteiger partial charge in [0.2, 0.25) is 5.91 Å². The molecule has 2 aromatic heterocycles. The summed E-state index contributed by atoms with van der Waals surface area (Å²) in [5, 5.41) is 12.7. The Hall–Kier alpha value is -1.37. The van der Waals surface area contributed by atoms with E-state index < -0.39 is 0 Å². The van der Waals surface area contributed by atoms with Crippen molar-refractivity contribution in [1.29, 1.82) is 0 Å². The smallest absolute Gasteiger partial charge is 0.225 e. The predicted octanol–water partition coefficient (Wildman–Crippen LogP) is 1.57. The Balaban J connectivity index is 0.00000176. The molecule has 0 aromatic carbocycles. The zero-order chi connectivity index (χ0) is 14.7. The molecule has 120 valence electrons. The highest BCUT2D eigenvalue weighted by atomic mass is 35.5. The summed E-state index contributed by atoms with van der Waals surface area (Å²) in [5.74, 6) is 0.364. The first kappa shape index (κ1) is 17.0. The van der Waals surface area contributed by atoms with Gasteiger partial charge >= 0.3 is 0 Å². The van der Waals surface area contributed by atoms with E-state index in [2.05, 4.69) is 27.2 Å². The van der Waals surface area contributed by atoms with Crippen molar-refractivity contribution in [3.05, 3.63) is 40.3 Å². The van der Waals surface area contributed by atoms with E-state index in [-0.39, 0.29) is 30.2 Å². The van der Waals surface area contributed by atoms with Gasteiger partial charge in [0, 0.05) is 43.7 Å². The topological polar surface area (TPSA) is 59.0 Å². The number of nitrogens with one attached hydrogen (secondary N) is 2. The van der Waals surface area contributed by atoms with Crippen LogP contribution in [0.5, 0.6) is 0 Å². The first-order chi connectivity index (χ1) is 10.2. The highest BCUT2D eigenvalue weighted by Gasteiger charge is 2.34. The molecule has 0 bridgehead atoms. The molecule has 0 radical (unpaired) electrons. The van der Waals surface area contributed by atoms with Crippen molar-refractivity contribution < 1.29 is 4.79 Å². The van der Waals surface area contributed by atoms with Gasteiger partial charge in [-0.25, -0.2) is 0 Å². The maximum atomic E-state index is 12.4. The minimum absolute atomic E-state index is 0. The number of aromatic nitrogens is 2. The second kappa shape index (κ2) is 7.76. The molecule has 1 fully saturated rings. The highest BCUT2D eigenvalue weighted by molar-refractivity contribution is 7.09. The van der Waals surface area contributed by atoms with Crippen LogP contribution in [0.15, 0.2) is 29.9 Å². The van der Waals surface area contributed by atoms with Crippen molar-refractivity contribution in [3.63, 3.8) is 0 Å². The lowest BCUT2D eigenvalue weighted by Gasteiger charge is -2.16. The Labute approximate surface area is 140 Å². The van der Waals surface area contributed by atoms with E-state index in [4.69, 9.17) is 0 Å². The van der Waals surface area contributed by atoms with E-state index in [0.717, 1.165) is 25.1 Å². The number of amides is 1. The summed E-state index contributed by atoms with van der Waals surface area (Å²) in [6.45, 7) is 2.29. The van der Waals surface area contributed by atoms with Crippen molar-refractivity contribution in [2.45, 2.75) is 12.3 Å². The molecule has 0 saturated carbocycles. The van der Waals surface area contributed by atoms with Gasteiger partial charge in [-0.3, -0.25) is 9.48 Å². The minimum atomic E-state index is -0.00228. The minimum Gasteiger partial charge on any atom is -0.355 e. The van der Waals surface area contributed by atoms with Gasteiger partial charge in [0.1, 0.15) is 0 Å². The molecule has 0 unspecified atom stereocenters. The molecule has 1 aliphatic rings. The number of thiophene rings is 1. The Bertz CT molecular complexity index is 598. The van der Waals surface area contributed by atoms with Gasteiger partial charge in [0.15, 0.2) is 0 Å². The Kier molecular flexibility index (Phi) is 5.99. The number of hydrogen-bond donors (Lipinski definition) is 2. The predicted molar refractivity (Wildman–Crippen MR) is 90.6 cm³/mol.